The number of ether oxygens (including phenoxy) is 1. The van der Waals surface area contributed by atoms with Gasteiger partial charge in [0.1, 0.15) is 16.3 Å². The van der Waals surface area contributed by atoms with E-state index in [1.807, 2.05) is 14.0 Å². The summed E-state index contributed by atoms with van der Waals surface area (Å²) in [6, 6.07) is 0. The van der Waals surface area contributed by atoms with Crippen LogP contribution in [0.3, 0.4) is 0 Å². The van der Waals surface area contributed by atoms with Crippen LogP contribution in [-0.4, -0.2) is 56.2 Å². The molecule has 1 aliphatic heterocycles. The predicted octanol–water partition coefficient (Wildman–Crippen LogP) is 3.98. The number of hydrogen-bond acceptors (Lipinski definition) is 8. The van der Waals surface area contributed by atoms with Crippen LogP contribution in [-0.2, 0) is 11.8 Å². The van der Waals surface area contributed by atoms with E-state index in [1.165, 1.54) is 0 Å². The second kappa shape index (κ2) is 9.36. The molecular weight excluding hydrogens is 500 g/mol. The van der Waals surface area contributed by atoms with Crippen LogP contribution in [0.25, 0.3) is 0 Å². The summed E-state index contributed by atoms with van der Waals surface area (Å²) in [5.74, 6) is 0.279. The number of nitrogens with zero attached hydrogens (tertiary/aromatic N) is 4. The summed E-state index contributed by atoms with van der Waals surface area (Å²) in [4.78, 5) is 31.6. The van der Waals surface area contributed by atoms with Gasteiger partial charge in [-0.25, -0.2) is 9.78 Å². The molecule has 2 aromatic rings. The average molecular weight is 529 g/mol. The van der Waals surface area contributed by atoms with Gasteiger partial charge < -0.3 is 20.1 Å². The predicted molar refractivity (Wildman–Crippen MR) is 128 cm³/mol. The summed E-state index contributed by atoms with van der Waals surface area (Å²) >= 11 is 4.40. The van der Waals surface area contributed by atoms with Crippen molar-refractivity contribution in [2.24, 2.45) is 7.05 Å². The normalized spacial score (nSPS) is 19.4. The van der Waals surface area contributed by atoms with Crippen molar-refractivity contribution in [3.05, 3.63) is 15.8 Å². The number of amides is 2. The van der Waals surface area contributed by atoms with E-state index in [1.54, 1.807) is 31.6 Å². The molecule has 3 heterocycles. The number of carbonyl (C=O) groups excluding carboxylic acids is 2. The van der Waals surface area contributed by atoms with E-state index in [2.05, 4.69) is 41.5 Å². The largest absolute Gasteiger partial charge is 0.444 e. The van der Waals surface area contributed by atoms with E-state index < -0.39 is 23.2 Å². The fraction of sp³-hybridized carbons (Fsp3) is 0.600. The highest BCUT2D eigenvalue weighted by molar-refractivity contribution is 9.11. The molecular formula is C20H29BrN6O4S. The van der Waals surface area contributed by atoms with Gasteiger partial charge in [-0.15, -0.1) is 0 Å². The third kappa shape index (κ3) is 6.20. The molecule has 176 valence electrons. The van der Waals surface area contributed by atoms with Gasteiger partial charge in [0, 0.05) is 20.1 Å². The highest BCUT2D eigenvalue weighted by Gasteiger charge is 2.29. The molecule has 1 saturated heterocycles. The number of hydrogen-bond donors (Lipinski definition) is 3. The molecule has 1 unspecified atom stereocenters. The first-order valence-electron chi connectivity index (χ1n) is 10.3. The summed E-state index contributed by atoms with van der Waals surface area (Å²) in [6.45, 7) is 8.51. The van der Waals surface area contributed by atoms with E-state index in [9.17, 15) is 14.7 Å². The summed E-state index contributed by atoms with van der Waals surface area (Å²) in [5, 5.41) is 20.4. The lowest BCUT2D eigenvalue weighted by atomic mass is 9.98. The number of aryl methyl sites for hydroxylation is 1. The Hall–Kier alpha value is -2.18. The number of anilines is 3. The molecule has 3 rings (SSSR count). The van der Waals surface area contributed by atoms with Crippen LogP contribution in [0.5, 0.6) is 0 Å². The number of aliphatic hydroxyl groups is 1. The molecule has 0 saturated carbocycles. The molecule has 1 fully saturated rings. The van der Waals surface area contributed by atoms with Crippen LogP contribution in [0.1, 0.15) is 57.4 Å². The second-order valence-electron chi connectivity index (χ2n) is 9.07. The molecule has 3 N–H and O–H groups in total. The third-order valence-electron chi connectivity index (χ3n) is 4.95. The van der Waals surface area contributed by atoms with Crippen molar-refractivity contribution < 1.29 is 19.4 Å². The molecule has 10 nitrogen and oxygen atoms in total. The van der Waals surface area contributed by atoms with Crippen LogP contribution in [0.15, 0.2) is 10.1 Å². The van der Waals surface area contributed by atoms with Gasteiger partial charge in [0.15, 0.2) is 15.4 Å². The highest BCUT2D eigenvalue weighted by atomic mass is 79.9. The average Bonchev–Trinajstić information content (AvgIpc) is 3.12. The summed E-state index contributed by atoms with van der Waals surface area (Å²) in [6.07, 6.45) is 3.08. The molecule has 0 bridgehead atoms. The Balaban J connectivity index is 1.78. The van der Waals surface area contributed by atoms with Crippen LogP contribution < -0.4 is 15.5 Å². The Bertz CT molecular complexity index is 997. The molecule has 12 heteroatoms. The highest BCUT2D eigenvalue weighted by Crippen LogP contribution is 2.33. The number of aromatic nitrogens is 3. The summed E-state index contributed by atoms with van der Waals surface area (Å²) in [5.41, 5.74) is -0.768. The van der Waals surface area contributed by atoms with Gasteiger partial charge in [-0.1, -0.05) is 11.3 Å². The fourth-order valence-corrected chi connectivity index (χ4v) is 4.82. The van der Waals surface area contributed by atoms with Gasteiger partial charge in [-0.05, 0) is 62.9 Å². The van der Waals surface area contributed by atoms with Crippen molar-refractivity contribution >= 4 is 55.8 Å². The molecule has 32 heavy (non-hydrogen) atoms. The number of carbonyl (C=O) groups is 2. The van der Waals surface area contributed by atoms with Crippen molar-refractivity contribution in [2.45, 2.75) is 58.2 Å². The first-order chi connectivity index (χ1) is 14.8. The quantitative estimate of drug-likeness (QED) is 0.548. The minimum absolute atomic E-state index is 0.0707. The van der Waals surface area contributed by atoms with E-state index in [4.69, 9.17) is 4.74 Å². The van der Waals surface area contributed by atoms with Gasteiger partial charge >= 0.3 is 6.09 Å². The summed E-state index contributed by atoms with van der Waals surface area (Å²) in [7, 11) is 1.81. The zero-order valence-electron chi connectivity index (χ0n) is 18.9. The Morgan fingerprint density at radius 1 is 1.28 bits per heavy atom. The Labute approximate surface area is 199 Å². The van der Waals surface area contributed by atoms with Gasteiger partial charge in [-0.2, -0.15) is 5.10 Å². The van der Waals surface area contributed by atoms with E-state index >= 15 is 0 Å². The number of halogens is 1. The van der Waals surface area contributed by atoms with Crippen molar-refractivity contribution in [1.29, 1.82) is 0 Å². The number of rotatable bonds is 4. The van der Waals surface area contributed by atoms with Crippen molar-refractivity contribution in [3.8, 4) is 0 Å². The van der Waals surface area contributed by atoms with Crippen molar-refractivity contribution in [1.82, 2.24) is 14.8 Å². The lowest BCUT2D eigenvalue weighted by Crippen LogP contribution is -2.30. The zero-order valence-corrected chi connectivity index (χ0v) is 21.3. The van der Waals surface area contributed by atoms with Crippen LogP contribution in [0.4, 0.5) is 21.3 Å². The maximum Gasteiger partial charge on any atom is 0.412 e. The van der Waals surface area contributed by atoms with Gasteiger partial charge in [0.2, 0.25) is 0 Å². The van der Waals surface area contributed by atoms with Crippen LogP contribution in [0, 0.1) is 0 Å². The fourth-order valence-electron chi connectivity index (χ4n) is 3.48. The first-order valence-corrected chi connectivity index (χ1v) is 11.9. The smallest absolute Gasteiger partial charge is 0.412 e. The molecule has 0 radical (unpaired) electrons. The maximum atomic E-state index is 13.1. The molecule has 0 aliphatic carbocycles. The van der Waals surface area contributed by atoms with E-state index in [0.29, 0.717) is 22.6 Å². The molecule has 1 aliphatic rings. The Kier molecular flexibility index (Phi) is 7.15. The zero-order chi connectivity index (χ0) is 23.7. The first kappa shape index (κ1) is 24.5. The number of thiazole rings is 1. The van der Waals surface area contributed by atoms with E-state index in [0.717, 1.165) is 36.5 Å². The Morgan fingerprint density at radius 2 is 2.00 bits per heavy atom. The lowest BCUT2D eigenvalue weighted by molar-refractivity contribution is 0.0481. The van der Waals surface area contributed by atoms with Gasteiger partial charge in [0.25, 0.3) is 5.91 Å². The van der Waals surface area contributed by atoms with Crippen molar-refractivity contribution in [3.63, 3.8) is 0 Å². The molecule has 2 amide bonds. The Morgan fingerprint density at radius 3 is 2.69 bits per heavy atom. The van der Waals surface area contributed by atoms with Crippen LogP contribution >= 0.6 is 27.3 Å². The summed E-state index contributed by atoms with van der Waals surface area (Å²) < 4.78 is 7.43. The van der Waals surface area contributed by atoms with Gasteiger partial charge in [-0.3, -0.25) is 14.8 Å². The minimum atomic E-state index is -0.703. The SMILES string of the molecule is Cn1ncc(NC(=O)c2nc(Br)sc2NC(=O)OC(C)(C)C)c1N1CCCC(C)(O)CC1. The molecule has 1 atom stereocenters. The topological polar surface area (TPSA) is 122 Å². The molecule has 0 aromatic carbocycles. The minimum Gasteiger partial charge on any atom is -0.444 e. The standard InChI is InChI=1S/C20H29BrN6O4S/c1-19(2,3)31-18(29)25-15-13(24-17(21)32-15)14(28)23-12-11-22-26(5)16(12)27-9-6-7-20(4,30)8-10-27/h11,30H,6-10H2,1-5H3,(H,23,28)(H,25,29). The van der Waals surface area contributed by atoms with Crippen molar-refractivity contribution in [2.75, 3.05) is 28.6 Å². The third-order valence-corrected chi connectivity index (χ3v) is 6.37. The second-order valence-corrected chi connectivity index (χ2v) is 11.3. The monoisotopic (exact) mass is 528 g/mol. The van der Waals surface area contributed by atoms with Crippen LogP contribution in [0.2, 0.25) is 0 Å². The van der Waals surface area contributed by atoms with Gasteiger partial charge in [0.05, 0.1) is 11.8 Å². The number of nitrogens with one attached hydrogen (secondary N) is 2. The van der Waals surface area contributed by atoms with E-state index in [-0.39, 0.29) is 10.7 Å². The molecule has 0 spiro atoms. The molecule has 2 aromatic heterocycles. The lowest BCUT2D eigenvalue weighted by Gasteiger charge is -2.25. The maximum absolute atomic E-state index is 13.1.